The van der Waals surface area contributed by atoms with Crippen molar-refractivity contribution < 1.29 is 22.7 Å². The van der Waals surface area contributed by atoms with Gasteiger partial charge in [0.25, 0.3) is 0 Å². The van der Waals surface area contributed by atoms with Gasteiger partial charge >= 0.3 is 6.18 Å². The average molecular weight is 471 g/mol. The topological polar surface area (TPSA) is 69.0 Å². The smallest absolute Gasteiger partial charge is 0.418 e. The standard InChI is InChI=1S/C20H18ClF3N4O2S/c1-12-9-13(7-8-15(12)21)30-10-17-26-27-19(28(17)2)31-11-18(29)25-16-6-4-3-5-14(16)20(22,23)24/h3-9H,10-11H2,1-2H3,(H,25,29). The molecule has 11 heteroatoms. The molecule has 0 unspecified atom stereocenters. The molecule has 1 N–H and O–H groups in total. The first-order valence-corrected chi connectivity index (χ1v) is 10.4. The van der Waals surface area contributed by atoms with Crippen LogP contribution in [-0.4, -0.2) is 26.4 Å². The molecular weight excluding hydrogens is 453 g/mol. The third kappa shape index (κ3) is 5.92. The highest BCUT2D eigenvalue weighted by molar-refractivity contribution is 7.99. The van der Waals surface area contributed by atoms with E-state index in [1.807, 2.05) is 6.92 Å². The zero-order valence-electron chi connectivity index (χ0n) is 16.5. The summed E-state index contributed by atoms with van der Waals surface area (Å²) in [5.41, 5.74) is -0.304. The Hall–Kier alpha value is -2.72. The van der Waals surface area contributed by atoms with Crippen LogP contribution in [0.3, 0.4) is 0 Å². The molecule has 0 saturated carbocycles. The SMILES string of the molecule is Cc1cc(OCc2nnc(SCC(=O)Nc3ccccc3C(F)(F)F)n2C)ccc1Cl. The molecule has 6 nitrogen and oxygen atoms in total. The zero-order chi connectivity index (χ0) is 22.6. The number of nitrogens with zero attached hydrogens (tertiary/aromatic N) is 3. The second-order valence-corrected chi connectivity index (χ2v) is 7.89. The van der Waals surface area contributed by atoms with Crippen molar-refractivity contribution in [2.24, 2.45) is 7.05 Å². The summed E-state index contributed by atoms with van der Waals surface area (Å²) < 4.78 is 46.5. The van der Waals surface area contributed by atoms with Crippen LogP contribution >= 0.6 is 23.4 Å². The predicted octanol–water partition coefficient (Wildman–Crippen LogP) is 5.11. The van der Waals surface area contributed by atoms with E-state index in [0.29, 0.717) is 21.8 Å². The minimum atomic E-state index is -4.56. The highest BCUT2D eigenvalue weighted by Crippen LogP contribution is 2.34. The van der Waals surface area contributed by atoms with E-state index in [1.54, 1.807) is 29.8 Å². The molecular formula is C20H18ClF3N4O2S. The van der Waals surface area contributed by atoms with E-state index in [0.717, 1.165) is 23.4 Å². The number of alkyl halides is 3. The second-order valence-electron chi connectivity index (χ2n) is 6.54. The molecule has 0 radical (unpaired) electrons. The fraction of sp³-hybridized carbons (Fsp3) is 0.250. The molecule has 2 aromatic carbocycles. The van der Waals surface area contributed by atoms with Gasteiger partial charge in [0.2, 0.25) is 5.91 Å². The van der Waals surface area contributed by atoms with Crippen LogP contribution in [0, 0.1) is 6.92 Å². The zero-order valence-corrected chi connectivity index (χ0v) is 18.1. The number of halogens is 4. The molecule has 0 bridgehead atoms. The van der Waals surface area contributed by atoms with Crippen LogP contribution in [0.5, 0.6) is 5.75 Å². The van der Waals surface area contributed by atoms with E-state index in [2.05, 4.69) is 15.5 Å². The van der Waals surface area contributed by atoms with Gasteiger partial charge in [-0.2, -0.15) is 13.2 Å². The number of carbonyl (C=O) groups excluding carboxylic acids is 1. The van der Waals surface area contributed by atoms with Crippen molar-refractivity contribution >= 4 is 35.0 Å². The maximum atomic E-state index is 13.0. The number of thioether (sulfide) groups is 1. The maximum absolute atomic E-state index is 13.0. The molecule has 0 saturated heterocycles. The van der Waals surface area contributed by atoms with Crippen LogP contribution in [0.15, 0.2) is 47.6 Å². The Morgan fingerprint density at radius 2 is 1.97 bits per heavy atom. The van der Waals surface area contributed by atoms with Crippen LogP contribution in [0.1, 0.15) is 17.0 Å². The van der Waals surface area contributed by atoms with Crippen LogP contribution in [-0.2, 0) is 24.6 Å². The summed E-state index contributed by atoms with van der Waals surface area (Å²) >= 11 is 7.05. The quantitative estimate of drug-likeness (QED) is 0.486. The third-order valence-corrected chi connectivity index (χ3v) is 5.71. The van der Waals surface area contributed by atoms with Gasteiger partial charge in [-0.05, 0) is 42.8 Å². The van der Waals surface area contributed by atoms with Gasteiger partial charge in [-0.3, -0.25) is 4.79 Å². The molecule has 31 heavy (non-hydrogen) atoms. The van der Waals surface area contributed by atoms with Crippen LogP contribution in [0.4, 0.5) is 18.9 Å². The van der Waals surface area contributed by atoms with Gasteiger partial charge in [0.1, 0.15) is 12.4 Å². The molecule has 0 spiro atoms. The molecule has 1 aromatic heterocycles. The highest BCUT2D eigenvalue weighted by atomic mass is 35.5. The molecule has 1 heterocycles. The predicted molar refractivity (Wildman–Crippen MR) is 112 cm³/mol. The lowest BCUT2D eigenvalue weighted by molar-refractivity contribution is -0.137. The summed E-state index contributed by atoms with van der Waals surface area (Å²) in [4.78, 5) is 12.2. The third-order valence-electron chi connectivity index (χ3n) is 4.26. The van der Waals surface area contributed by atoms with Gasteiger partial charge in [0.15, 0.2) is 11.0 Å². The molecule has 3 aromatic rings. The van der Waals surface area contributed by atoms with Crippen LogP contribution in [0.2, 0.25) is 5.02 Å². The lowest BCUT2D eigenvalue weighted by Crippen LogP contribution is -2.18. The minimum Gasteiger partial charge on any atom is -0.486 e. The maximum Gasteiger partial charge on any atom is 0.418 e. The first kappa shape index (κ1) is 23.0. The van der Waals surface area contributed by atoms with Gasteiger partial charge in [-0.15, -0.1) is 10.2 Å². The van der Waals surface area contributed by atoms with Crippen LogP contribution < -0.4 is 10.1 Å². The Morgan fingerprint density at radius 3 is 2.68 bits per heavy atom. The first-order chi connectivity index (χ1) is 14.6. The number of hydrogen-bond donors (Lipinski definition) is 1. The fourth-order valence-corrected chi connectivity index (χ4v) is 3.45. The molecule has 164 valence electrons. The Labute approximate surface area is 185 Å². The van der Waals surface area contributed by atoms with Crippen molar-refractivity contribution in [2.75, 3.05) is 11.1 Å². The Kier molecular flexibility index (Phi) is 7.11. The molecule has 0 aliphatic carbocycles. The minimum absolute atomic E-state index is 0.130. The monoisotopic (exact) mass is 470 g/mol. The number of aromatic nitrogens is 3. The van der Waals surface area contributed by atoms with E-state index >= 15 is 0 Å². The number of benzene rings is 2. The van der Waals surface area contributed by atoms with Gasteiger partial charge < -0.3 is 14.6 Å². The van der Waals surface area contributed by atoms with Crippen molar-refractivity contribution in [2.45, 2.75) is 24.9 Å². The largest absolute Gasteiger partial charge is 0.486 e. The summed E-state index contributed by atoms with van der Waals surface area (Å²) in [7, 11) is 1.71. The Bertz CT molecular complexity index is 1090. The van der Waals surface area contributed by atoms with Gasteiger partial charge in [0.05, 0.1) is 17.0 Å². The molecule has 0 aliphatic heterocycles. The lowest BCUT2D eigenvalue weighted by atomic mass is 10.1. The normalized spacial score (nSPS) is 11.4. The van der Waals surface area contributed by atoms with E-state index in [4.69, 9.17) is 16.3 Å². The summed E-state index contributed by atoms with van der Waals surface area (Å²) in [6, 6.07) is 10.1. The van der Waals surface area contributed by atoms with Crippen molar-refractivity contribution in [3.8, 4) is 5.75 Å². The first-order valence-electron chi connectivity index (χ1n) is 9.01. The van der Waals surface area contributed by atoms with Gasteiger partial charge in [-0.25, -0.2) is 0 Å². The summed E-state index contributed by atoms with van der Waals surface area (Å²) in [6.45, 7) is 2.01. The van der Waals surface area contributed by atoms with Crippen molar-refractivity contribution in [1.29, 1.82) is 0 Å². The number of ether oxygens (including phenoxy) is 1. The second kappa shape index (κ2) is 9.61. The summed E-state index contributed by atoms with van der Waals surface area (Å²) in [5.74, 6) is 0.439. The molecule has 1 amide bonds. The molecule has 0 fully saturated rings. The van der Waals surface area contributed by atoms with Crippen molar-refractivity contribution in [3.05, 3.63) is 64.4 Å². The van der Waals surface area contributed by atoms with E-state index < -0.39 is 17.6 Å². The number of aryl methyl sites for hydroxylation is 1. The molecule has 3 rings (SSSR count). The number of hydrogen-bond acceptors (Lipinski definition) is 5. The average Bonchev–Trinajstić information content (AvgIpc) is 3.06. The van der Waals surface area contributed by atoms with E-state index in [9.17, 15) is 18.0 Å². The number of carbonyl (C=O) groups is 1. The number of anilines is 1. The van der Waals surface area contributed by atoms with Gasteiger partial charge in [-0.1, -0.05) is 35.5 Å². The van der Waals surface area contributed by atoms with Crippen molar-refractivity contribution in [1.82, 2.24) is 14.8 Å². The number of nitrogens with one attached hydrogen (secondary N) is 1. The van der Waals surface area contributed by atoms with E-state index in [1.165, 1.54) is 18.2 Å². The summed E-state index contributed by atoms with van der Waals surface area (Å²) in [6.07, 6.45) is -4.56. The number of para-hydroxylation sites is 1. The molecule has 0 atom stereocenters. The number of amides is 1. The number of rotatable bonds is 7. The Balaban J connectivity index is 1.57. The fourth-order valence-electron chi connectivity index (χ4n) is 2.61. The van der Waals surface area contributed by atoms with Crippen LogP contribution in [0.25, 0.3) is 0 Å². The van der Waals surface area contributed by atoms with Gasteiger partial charge in [0, 0.05) is 12.1 Å². The highest BCUT2D eigenvalue weighted by Gasteiger charge is 2.33. The summed E-state index contributed by atoms with van der Waals surface area (Å²) in [5, 5.41) is 11.4. The van der Waals surface area contributed by atoms with Crippen molar-refractivity contribution in [3.63, 3.8) is 0 Å². The molecule has 0 aliphatic rings. The Morgan fingerprint density at radius 1 is 1.23 bits per heavy atom. The lowest BCUT2D eigenvalue weighted by Gasteiger charge is -2.13. The van der Waals surface area contributed by atoms with E-state index in [-0.39, 0.29) is 18.0 Å².